The normalized spacial score (nSPS) is 12.4. The summed E-state index contributed by atoms with van der Waals surface area (Å²) in [5, 5.41) is 3.47. The first kappa shape index (κ1) is 21.5. The molecule has 0 spiro atoms. The van der Waals surface area contributed by atoms with Crippen LogP contribution >= 0.6 is 23.5 Å². The van der Waals surface area contributed by atoms with Crippen LogP contribution in [-0.4, -0.2) is 40.6 Å². The van der Waals surface area contributed by atoms with E-state index in [1.807, 2.05) is 48.5 Å². The van der Waals surface area contributed by atoms with Gasteiger partial charge in [0.2, 0.25) is 5.91 Å². The zero-order chi connectivity index (χ0) is 21.6. The maximum atomic E-state index is 13.2. The number of rotatable bonds is 8. The van der Waals surface area contributed by atoms with E-state index in [0.717, 1.165) is 24.3 Å². The minimum atomic E-state index is -0.0901. The second-order valence-corrected chi connectivity index (χ2v) is 9.03. The number of amides is 1. The minimum absolute atomic E-state index is 0.0813. The van der Waals surface area contributed by atoms with Gasteiger partial charge in [-0.25, -0.2) is 4.98 Å². The topological polar surface area (TPSA) is 73.2 Å². The van der Waals surface area contributed by atoms with Crippen LogP contribution in [0.15, 0.2) is 69.4 Å². The van der Waals surface area contributed by atoms with E-state index in [1.165, 1.54) is 29.1 Å². The predicted molar refractivity (Wildman–Crippen MR) is 125 cm³/mol. The number of carbonyl (C=O) groups excluding carboxylic acids is 1. The van der Waals surface area contributed by atoms with Crippen LogP contribution in [0.5, 0.6) is 5.75 Å². The quantitative estimate of drug-likeness (QED) is 0.417. The van der Waals surface area contributed by atoms with Crippen molar-refractivity contribution in [1.29, 1.82) is 0 Å². The van der Waals surface area contributed by atoms with E-state index in [4.69, 9.17) is 9.72 Å². The summed E-state index contributed by atoms with van der Waals surface area (Å²) in [5.74, 6) is 1.62. The van der Waals surface area contributed by atoms with Crippen LogP contribution in [0.2, 0.25) is 0 Å². The van der Waals surface area contributed by atoms with E-state index in [1.54, 1.807) is 17.7 Å². The molecule has 0 aliphatic carbocycles. The second-order valence-electron chi connectivity index (χ2n) is 6.98. The summed E-state index contributed by atoms with van der Waals surface area (Å²) in [4.78, 5) is 31.0. The fourth-order valence-corrected chi connectivity index (χ4v) is 5.22. The predicted octanol–water partition coefficient (Wildman–Crippen LogP) is 3.34. The number of ether oxygens (including phenoxy) is 1. The zero-order valence-electron chi connectivity index (χ0n) is 17.2. The molecular formula is C23H23N3O3S2. The molecule has 0 bridgehead atoms. The van der Waals surface area contributed by atoms with E-state index in [0.29, 0.717) is 28.0 Å². The molecule has 4 rings (SSSR count). The molecule has 1 amide bonds. The lowest BCUT2D eigenvalue weighted by Gasteiger charge is -2.14. The molecule has 2 aromatic carbocycles. The minimum Gasteiger partial charge on any atom is -0.497 e. The molecule has 1 aromatic heterocycles. The van der Waals surface area contributed by atoms with Crippen molar-refractivity contribution >= 4 is 29.4 Å². The molecule has 6 nitrogen and oxygen atoms in total. The molecule has 3 aromatic rings. The Morgan fingerprint density at radius 3 is 2.87 bits per heavy atom. The van der Waals surface area contributed by atoms with E-state index < -0.39 is 0 Å². The number of aryl methyl sites for hydroxylation is 1. The number of methoxy groups -OCH3 is 1. The van der Waals surface area contributed by atoms with Gasteiger partial charge in [0.25, 0.3) is 5.56 Å². The first-order valence-electron chi connectivity index (χ1n) is 10.0. The third-order valence-corrected chi connectivity index (χ3v) is 6.93. The summed E-state index contributed by atoms with van der Waals surface area (Å²) >= 11 is 2.82. The summed E-state index contributed by atoms with van der Waals surface area (Å²) < 4.78 is 6.90. The summed E-state index contributed by atoms with van der Waals surface area (Å²) in [6.45, 7) is 0.570. The van der Waals surface area contributed by atoms with Gasteiger partial charge in [-0.3, -0.25) is 14.2 Å². The number of aromatic nitrogens is 2. The molecular weight excluding hydrogens is 430 g/mol. The molecule has 0 unspecified atom stereocenters. The van der Waals surface area contributed by atoms with E-state index in [-0.39, 0.29) is 17.2 Å². The Balaban J connectivity index is 1.50. The van der Waals surface area contributed by atoms with Crippen LogP contribution in [0.1, 0.15) is 11.3 Å². The molecule has 1 aliphatic rings. The SMILES string of the molecule is COc1cccc(-n2c(SCC(=O)NCCc3ccccc3)nc3c(c2=O)SCC3)c1. The molecule has 0 saturated carbocycles. The Labute approximate surface area is 189 Å². The number of carbonyl (C=O) groups is 1. The van der Waals surface area contributed by atoms with Crippen LogP contribution in [0.4, 0.5) is 0 Å². The van der Waals surface area contributed by atoms with Crippen molar-refractivity contribution in [3.63, 3.8) is 0 Å². The van der Waals surface area contributed by atoms with Gasteiger partial charge in [0, 0.05) is 24.8 Å². The van der Waals surface area contributed by atoms with Crippen LogP contribution in [-0.2, 0) is 17.6 Å². The molecule has 31 heavy (non-hydrogen) atoms. The standard InChI is InChI=1S/C23H23N3O3S2/c1-29-18-9-5-8-17(14-18)26-22(28)21-19(11-13-30-21)25-23(26)31-15-20(27)24-12-10-16-6-3-2-4-7-16/h2-9,14H,10-13,15H2,1H3,(H,24,27). The van der Waals surface area contributed by atoms with Crippen molar-refractivity contribution in [2.75, 3.05) is 25.2 Å². The van der Waals surface area contributed by atoms with Gasteiger partial charge in [-0.05, 0) is 24.1 Å². The fraction of sp³-hybridized carbons (Fsp3) is 0.261. The Morgan fingerprint density at radius 1 is 1.23 bits per heavy atom. The zero-order valence-corrected chi connectivity index (χ0v) is 18.8. The van der Waals surface area contributed by atoms with Crippen LogP contribution in [0.3, 0.4) is 0 Å². The molecule has 1 aliphatic heterocycles. The average molecular weight is 454 g/mol. The number of fused-ring (bicyclic) bond motifs is 1. The van der Waals surface area contributed by atoms with E-state index in [2.05, 4.69) is 5.32 Å². The van der Waals surface area contributed by atoms with Crippen LogP contribution < -0.4 is 15.6 Å². The lowest BCUT2D eigenvalue weighted by molar-refractivity contribution is -0.118. The van der Waals surface area contributed by atoms with Crippen molar-refractivity contribution in [2.45, 2.75) is 22.9 Å². The Kier molecular flexibility index (Phi) is 6.99. The Bertz CT molecular complexity index is 1130. The number of hydrogen-bond donors (Lipinski definition) is 1. The van der Waals surface area contributed by atoms with Crippen LogP contribution in [0.25, 0.3) is 5.69 Å². The van der Waals surface area contributed by atoms with E-state index >= 15 is 0 Å². The average Bonchev–Trinajstić information content (AvgIpc) is 3.27. The van der Waals surface area contributed by atoms with Crippen molar-refractivity contribution in [1.82, 2.24) is 14.9 Å². The number of hydrogen-bond acceptors (Lipinski definition) is 6. The van der Waals surface area contributed by atoms with Gasteiger partial charge in [-0.1, -0.05) is 48.2 Å². The molecule has 0 saturated heterocycles. The first-order chi connectivity index (χ1) is 15.2. The lowest BCUT2D eigenvalue weighted by atomic mass is 10.1. The number of nitrogens with one attached hydrogen (secondary N) is 1. The fourth-order valence-electron chi connectivity index (χ4n) is 3.34. The molecule has 0 fully saturated rings. The summed E-state index contributed by atoms with van der Waals surface area (Å²) in [7, 11) is 1.59. The van der Waals surface area contributed by atoms with Crippen molar-refractivity contribution in [3.05, 3.63) is 76.2 Å². The molecule has 0 atom stereocenters. The highest BCUT2D eigenvalue weighted by Crippen LogP contribution is 2.30. The number of nitrogens with zero attached hydrogens (tertiary/aromatic N) is 2. The summed E-state index contributed by atoms with van der Waals surface area (Å²) in [6, 6.07) is 17.4. The monoisotopic (exact) mass is 453 g/mol. The van der Waals surface area contributed by atoms with Crippen molar-refractivity contribution in [3.8, 4) is 11.4 Å². The third kappa shape index (κ3) is 5.14. The smallest absolute Gasteiger partial charge is 0.272 e. The summed E-state index contributed by atoms with van der Waals surface area (Å²) in [5.41, 5.74) is 2.59. The Hall–Kier alpha value is -2.71. The van der Waals surface area contributed by atoms with Crippen molar-refractivity contribution < 1.29 is 9.53 Å². The molecule has 1 N–H and O–H groups in total. The molecule has 8 heteroatoms. The highest BCUT2D eigenvalue weighted by molar-refractivity contribution is 8.00. The van der Waals surface area contributed by atoms with Gasteiger partial charge in [0.15, 0.2) is 5.16 Å². The van der Waals surface area contributed by atoms with Gasteiger partial charge >= 0.3 is 0 Å². The third-order valence-electron chi connectivity index (χ3n) is 4.89. The number of thioether (sulfide) groups is 2. The van der Waals surface area contributed by atoms with Crippen LogP contribution in [0, 0.1) is 0 Å². The molecule has 160 valence electrons. The highest BCUT2D eigenvalue weighted by Gasteiger charge is 2.23. The van der Waals surface area contributed by atoms with Gasteiger partial charge in [-0.15, -0.1) is 11.8 Å². The summed E-state index contributed by atoms with van der Waals surface area (Å²) in [6.07, 6.45) is 1.55. The lowest BCUT2D eigenvalue weighted by Crippen LogP contribution is -2.28. The van der Waals surface area contributed by atoms with Gasteiger partial charge in [0.05, 0.1) is 29.1 Å². The van der Waals surface area contributed by atoms with Gasteiger partial charge < -0.3 is 10.1 Å². The van der Waals surface area contributed by atoms with E-state index in [9.17, 15) is 9.59 Å². The molecule has 2 heterocycles. The number of benzene rings is 2. The highest BCUT2D eigenvalue weighted by atomic mass is 32.2. The molecule has 0 radical (unpaired) electrons. The van der Waals surface area contributed by atoms with Gasteiger partial charge in [-0.2, -0.15) is 0 Å². The Morgan fingerprint density at radius 2 is 2.06 bits per heavy atom. The van der Waals surface area contributed by atoms with Gasteiger partial charge in [0.1, 0.15) is 5.75 Å². The van der Waals surface area contributed by atoms with Crippen molar-refractivity contribution in [2.24, 2.45) is 0 Å². The first-order valence-corrected chi connectivity index (χ1v) is 12.0. The maximum absolute atomic E-state index is 13.2. The second kappa shape index (κ2) is 10.1. The largest absolute Gasteiger partial charge is 0.497 e. The maximum Gasteiger partial charge on any atom is 0.272 e.